The maximum atomic E-state index is 12.5. The molecule has 0 aliphatic rings. The standard InChI is InChI=1S/C19H19N3O5/c1-4-26-13-7-5-12(6-8-13)18-21-22-19(27-18)20-17(23)15-11-14(24-2)9-10-16(15)25-3/h5-11H,4H2,1-3H3,(H,20,22,23). The molecule has 8 heteroatoms. The number of carbonyl (C=O) groups is 1. The monoisotopic (exact) mass is 369 g/mol. The lowest BCUT2D eigenvalue weighted by molar-refractivity contribution is 0.102. The summed E-state index contributed by atoms with van der Waals surface area (Å²) in [6, 6.07) is 12.1. The van der Waals surface area contributed by atoms with Crippen molar-refractivity contribution in [1.29, 1.82) is 0 Å². The normalized spacial score (nSPS) is 10.3. The van der Waals surface area contributed by atoms with Crippen molar-refractivity contribution >= 4 is 11.9 Å². The second-order valence-corrected chi connectivity index (χ2v) is 5.39. The van der Waals surface area contributed by atoms with Gasteiger partial charge in [0.25, 0.3) is 5.91 Å². The number of carbonyl (C=O) groups excluding carboxylic acids is 1. The second-order valence-electron chi connectivity index (χ2n) is 5.39. The minimum atomic E-state index is -0.451. The Morgan fingerprint density at radius 3 is 2.44 bits per heavy atom. The highest BCUT2D eigenvalue weighted by atomic mass is 16.5. The van der Waals surface area contributed by atoms with Crippen LogP contribution in [0.5, 0.6) is 17.2 Å². The van der Waals surface area contributed by atoms with Crippen molar-refractivity contribution in [3.05, 3.63) is 48.0 Å². The third-order valence-corrected chi connectivity index (χ3v) is 3.71. The second kappa shape index (κ2) is 8.22. The van der Waals surface area contributed by atoms with Crippen LogP contribution in [0.15, 0.2) is 46.9 Å². The number of ether oxygens (including phenoxy) is 3. The van der Waals surface area contributed by atoms with Crippen LogP contribution >= 0.6 is 0 Å². The van der Waals surface area contributed by atoms with Crippen LogP contribution in [0.25, 0.3) is 11.5 Å². The predicted octanol–water partition coefficient (Wildman–Crippen LogP) is 3.40. The molecular weight excluding hydrogens is 350 g/mol. The first-order chi connectivity index (χ1) is 13.1. The van der Waals surface area contributed by atoms with Gasteiger partial charge in [-0.05, 0) is 49.4 Å². The topological polar surface area (TPSA) is 95.7 Å². The van der Waals surface area contributed by atoms with Gasteiger partial charge in [0.05, 0.1) is 26.4 Å². The Hall–Kier alpha value is -3.55. The fraction of sp³-hybridized carbons (Fsp3) is 0.211. The van der Waals surface area contributed by atoms with Crippen LogP contribution in [-0.4, -0.2) is 36.9 Å². The molecule has 0 saturated carbocycles. The lowest BCUT2D eigenvalue weighted by Gasteiger charge is -2.09. The molecule has 1 amide bonds. The number of nitrogens with zero attached hydrogens (tertiary/aromatic N) is 2. The molecule has 0 aliphatic heterocycles. The molecule has 0 radical (unpaired) electrons. The van der Waals surface area contributed by atoms with Gasteiger partial charge in [-0.25, -0.2) is 0 Å². The SMILES string of the molecule is CCOc1ccc(-c2nnc(NC(=O)c3cc(OC)ccc3OC)o2)cc1. The van der Waals surface area contributed by atoms with Gasteiger partial charge in [0.15, 0.2) is 0 Å². The summed E-state index contributed by atoms with van der Waals surface area (Å²) in [6.45, 7) is 2.50. The predicted molar refractivity (Wildman–Crippen MR) is 98.4 cm³/mol. The molecule has 0 spiro atoms. The Bertz CT molecular complexity index is 921. The first-order valence-corrected chi connectivity index (χ1v) is 8.24. The number of anilines is 1. The summed E-state index contributed by atoms with van der Waals surface area (Å²) >= 11 is 0. The number of amides is 1. The molecule has 1 heterocycles. The van der Waals surface area contributed by atoms with Gasteiger partial charge in [0, 0.05) is 5.56 Å². The van der Waals surface area contributed by atoms with Crippen molar-refractivity contribution in [1.82, 2.24) is 10.2 Å². The molecule has 0 atom stereocenters. The first-order valence-electron chi connectivity index (χ1n) is 8.24. The Morgan fingerprint density at radius 1 is 1.04 bits per heavy atom. The molecule has 2 aromatic carbocycles. The van der Waals surface area contributed by atoms with Gasteiger partial charge in [-0.1, -0.05) is 5.10 Å². The van der Waals surface area contributed by atoms with E-state index in [1.165, 1.54) is 14.2 Å². The maximum absolute atomic E-state index is 12.5. The van der Waals surface area contributed by atoms with Crippen molar-refractivity contribution in [3.8, 4) is 28.7 Å². The number of methoxy groups -OCH3 is 2. The highest BCUT2D eigenvalue weighted by Crippen LogP contribution is 2.26. The van der Waals surface area contributed by atoms with Crippen LogP contribution in [-0.2, 0) is 0 Å². The van der Waals surface area contributed by atoms with Gasteiger partial charge in [-0.15, -0.1) is 5.10 Å². The van der Waals surface area contributed by atoms with E-state index in [0.29, 0.717) is 23.7 Å². The lowest BCUT2D eigenvalue weighted by atomic mass is 10.1. The van der Waals surface area contributed by atoms with Crippen LogP contribution in [0.4, 0.5) is 6.01 Å². The number of hydrogen-bond donors (Lipinski definition) is 1. The molecule has 1 aromatic heterocycles. The molecule has 1 N–H and O–H groups in total. The van der Waals surface area contributed by atoms with Gasteiger partial charge in [-0.2, -0.15) is 0 Å². The molecule has 3 rings (SSSR count). The van der Waals surface area contributed by atoms with Crippen molar-refractivity contribution in [2.24, 2.45) is 0 Å². The summed E-state index contributed by atoms with van der Waals surface area (Å²) in [5.41, 5.74) is 1.00. The van der Waals surface area contributed by atoms with Gasteiger partial charge in [-0.3, -0.25) is 10.1 Å². The molecule has 0 saturated heterocycles. The lowest BCUT2D eigenvalue weighted by Crippen LogP contribution is -2.13. The maximum Gasteiger partial charge on any atom is 0.322 e. The highest BCUT2D eigenvalue weighted by molar-refractivity contribution is 6.05. The van der Waals surface area contributed by atoms with Crippen molar-refractivity contribution in [2.45, 2.75) is 6.92 Å². The van der Waals surface area contributed by atoms with Crippen LogP contribution in [0.1, 0.15) is 17.3 Å². The van der Waals surface area contributed by atoms with E-state index in [0.717, 1.165) is 5.75 Å². The van der Waals surface area contributed by atoms with E-state index < -0.39 is 5.91 Å². The average molecular weight is 369 g/mol. The minimum Gasteiger partial charge on any atom is -0.497 e. The average Bonchev–Trinajstić information content (AvgIpc) is 3.16. The number of rotatable bonds is 7. The summed E-state index contributed by atoms with van der Waals surface area (Å²) in [5, 5.41) is 10.4. The zero-order valence-corrected chi connectivity index (χ0v) is 15.2. The molecule has 3 aromatic rings. The van der Waals surface area contributed by atoms with Crippen LogP contribution in [0, 0.1) is 0 Å². The van der Waals surface area contributed by atoms with Gasteiger partial charge in [0.2, 0.25) is 5.89 Å². The highest BCUT2D eigenvalue weighted by Gasteiger charge is 2.17. The molecule has 27 heavy (non-hydrogen) atoms. The van der Waals surface area contributed by atoms with Crippen molar-refractivity contribution < 1.29 is 23.4 Å². The van der Waals surface area contributed by atoms with Crippen molar-refractivity contribution in [3.63, 3.8) is 0 Å². The van der Waals surface area contributed by atoms with Crippen LogP contribution in [0.2, 0.25) is 0 Å². The Labute approximate surface area is 156 Å². The Balaban J connectivity index is 1.76. The molecule has 0 bridgehead atoms. The van der Waals surface area contributed by atoms with Gasteiger partial charge in [0.1, 0.15) is 17.2 Å². The number of benzene rings is 2. The third kappa shape index (κ3) is 4.17. The molecule has 140 valence electrons. The Kier molecular flexibility index (Phi) is 5.55. The van der Waals surface area contributed by atoms with Crippen LogP contribution in [0.3, 0.4) is 0 Å². The number of nitrogens with one attached hydrogen (secondary N) is 1. The Morgan fingerprint density at radius 2 is 1.78 bits per heavy atom. The minimum absolute atomic E-state index is 0.0197. The first kappa shape index (κ1) is 18.2. The largest absolute Gasteiger partial charge is 0.497 e. The molecular formula is C19H19N3O5. The third-order valence-electron chi connectivity index (χ3n) is 3.71. The van der Waals surface area contributed by atoms with E-state index in [1.807, 2.05) is 19.1 Å². The molecule has 0 unspecified atom stereocenters. The summed E-state index contributed by atoms with van der Waals surface area (Å²) in [6.07, 6.45) is 0. The molecule has 0 aliphatic carbocycles. The molecule has 0 fully saturated rings. The summed E-state index contributed by atoms with van der Waals surface area (Å²) in [4.78, 5) is 12.5. The summed E-state index contributed by atoms with van der Waals surface area (Å²) < 4.78 is 21.3. The fourth-order valence-electron chi connectivity index (χ4n) is 2.41. The van der Waals surface area contributed by atoms with Crippen LogP contribution < -0.4 is 19.5 Å². The smallest absolute Gasteiger partial charge is 0.322 e. The van der Waals surface area contributed by atoms with Gasteiger partial charge >= 0.3 is 6.01 Å². The zero-order chi connectivity index (χ0) is 19.2. The van der Waals surface area contributed by atoms with E-state index in [4.69, 9.17) is 18.6 Å². The fourth-order valence-corrected chi connectivity index (χ4v) is 2.41. The molecule has 8 nitrogen and oxygen atoms in total. The number of hydrogen-bond acceptors (Lipinski definition) is 7. The summed E-state index contributed by atoms with van der Waals surface area (Å²) in [7, 11) is 3.00. The van der Waals surface area contributed by atoms with E-state index in [9.17, 15) is 4.79 Å². The number of aromatic nitrogens is 2. The van der Waals surface area contributed by atoms with E-state index in [2.05, 4.69) is 15.5 Å². The van der Waals surface area contributed by atoms with Crippen molar-refractivity contribution in [2.75, 3.05) is 26.1 Å². The zero-order valence-electron chi connectivity index (χ0n) is 15.2. The quantitative estimate of drug-likeness (QED) is 0.682. The summed E-state index contributed by atoms with van der Waals surface area (Å²) in [5.74, 6) is 1.51. The van der Waals surface area contributed by atoms with E-state index >= 15 is 0 Å². The van der Waals surface area contributed by atoms with Gasteiger partial charge < -0.3 is 18.6 Å². The van der Waals surface area contributed by atoms with E-state index in [-0.39, 0.29) is 17.5 Å². The van der Waals surface area contributed by atoms with E-state index in [1.54, 1.807) is 30.3 Å².